The molecule has 0 saturated carbocycles. The zero-order chi connectivity index (χ0) is 23.3. The molecule has 0 radical (unpaired) electrons. The van der Waals surface area contributed by atoms with Gasteiger partial charge in [-0.1, -0.05) is 46.3 Å². The van der Waals surface area contributed by atoms with Gasteiger partial charge in [-0.2, -0.15) is 0 Å². The largest absolute Gasteiger partial charge is 0.506 e. The Morgan fingerprint density at radius 2 is 1.73 bits per heavy atom. The van der Waals surface area contributed by atoms with E-state index in [1.807, 2.05) is 0 Å². The molecule has 2 N–H and O–H groups in total. The first-order valence-corrected chi connectivity index (χ1v) is 10.7. The van der Waals surface area contributed by atoms with Crippen molar-refractivity contribution in [3.63, 3.8) is 0 Å². The number of furan rings is 1. The molecule has 1 amide bonds. The molecule has 1 unspecified atom stereocenters. The standard InChI is InChI=1S/C25H15BrFNO5/c26-14-9-10-19-13(11-14)12-20(33-19)23(30)21-22(15-5-1-2-6-16(15)27)28(25(32)24(21)31)17-7-3-4-8-18(17)29/h1-12,22,29,31H. The third kappa shape index (κ3) is 3.39. The van der Waals surface area contributed by atoms with Crippen LogP contribution in [0.4, 0.5) is 10.1 Å². The monoisotopic (exact) mass is 507 g/mol. The van der Waals surface area contributed by atoms with Crippen LogP contribution in [0.25, 0.3) is 11.0 Å². The molecular weight excluding hydrogens is 493 g/mol. The van der Waals surface area contributed by atoms with E-state index in [0.717, 1.165) is 9.37 Å². The van der Waals surface area contributed by atoms with Gasteiger partial charge in [-0.05, 0) is 42.5 Å². The number of aliphatic hydroxyl groups is 1. The van der Waals surface area contributed by atoms with Crippen molar-refractivity contribution in [2.45, 2.75) is 6.04 Å². The Labute approximate surface area is 195 Å². The molecule has 1 aromatic heterocycles. The number of amides is 1. The van der Waals surface area contributed by atoms with Crippen LogP contribution >= 0.6 is 15.9 Å². The minimum absolute atomic E-state index is 0.0136. The molecule has 1 atom stereocenters. The molecule has 6 nitrogen and oxygen atoms in total. The Morgan fingerprint density at radius 1 is 1.00 bits per heavy atom. The molecule has 3 aromatic carbocycles. The number of phenolic OH excluding ortho intramolecular Hbond substituents is 1. The Balaban J connectivity index is 1.70. The van der Waals surface area contributed by atoms with E-state index in [1.54, 1.807) is 36.4 Å². The first-order valence-electron chi connectivity index (χ1n) is 9.89. The fraction of sp³-hybridized carbons (Fsp3) is 0.0400. The Bertz CT molecular complexity index is 1470. The molecule has 0 fully saturated rings. The van der Waals surface area contributed by atoms with E-state index in [0.29, 0.717) is 11.0 Å². The van der Waals surface area contributed by atoms with Gasteiger partial charge in [0.15, 0.2) is 11.5 Å². The van der Waals surface area contributed by atoms with Crippen LogP contribution in [0.2, 0.25) is 0 Å². The van der Waals surface area contributed by atoms with Gasteiger partial charge in [-0.15, -0.1) is 0 Å². The number of hydrogen-bond acceptors (Lipinski definition) is 5. The molecule has 164 valence electrons. The number of carbonyl (C=O) groups excluding carboxylic acids is 2. The fourth-order valence-electron chi connectivity index (χ4n) is 4.00. The van der Waals surface area contributed by atoms with Crippen LogP contribution in [0.1, 0.15) is 22.2 Å². The van der Waals surface area contributed by atoms with Gasteiger partial charge in [-0.25, -0.2) is 4.39 Å². The number of ketones is 1. The van der Waals surface area contributed by atoms with Crippen molar-refractivity contribution < 1.29 is 28.6 Å². The number of nitrogens with zero attached hydrogens (tertiary/aromatic N) is 1. The third-order valence-corrected chi connectivity index (χ3v) is 5.99. The van der Waals surface area contributed by atoms with Crippen molar-refractivity contribution >= 4 is 44.3 Å². The second kappa shape index (κ2) is 7.90. The van der Waals surface area contributed by atoms with Crippen molar-refractivity contribution in [2.75, 3.05) is 4.90 Å². The highest BCUT2D eigenvalue weighted by Gasteiger charge is 2.47. The zero-order valence-corrected chi connectivity index (χ0v) is 18.4. The molecule has 1 aliphatic rings. The number of anilines is 1. The van der Waals surface area contributed by atoms with E-state index in [-0.39, 0.29) is 28.3 Å². The maximum atomic E-state index is 14.9. The third-order valence-electron chi connectivity index (χ3n) is 5.50. The van der Waals surface area contributed by atoms with E-state index in [9.17, 15) is 24.2 Å². The molecule has 5 rings (SSSR count). The molecule has 8 heteroatoms. The van der Waals surface area contributed by atoms with Gasteiger partial charge in [0.1, 0.15) is 17.1 Å². The average Bonchev–Trinajstić information content (AvgIpc) is 3.33. The number of carbonyl (C=O) groups is 2. The average molecular weight is 508 g/mol. The first-order chi connectivity index (χ1) is 15.9. The molecule has 0 saturated heterocycles. The lowest BCUT2D eigenvalue weighted by Gasteiger charge is -2.27. The van der Waals surface area contributed by atoms with Crippen LogP contribution in [0.15, 0.2) is 93.0 Å². The van der Waals surface area contributed by atoms with Crippen molar-refractivity contribution in [1.82, 2.24) is 0 Å². The highest BCUT2D eigenvalue weighted by molar-refractivity contribution is 9.10. The summed E-state index contributed by atoms with van der Waals surface area (Å²) in [6.07, 6.45) is 0. The second-order valence-electron chi connectivity index (χ2n) is 7.47. The fourth-order valence-corrected chi connectivity index (χ4v) is 4.38. The second-order valence-corrected chi connectivity index (χ2v) is 8.39. The van der Waals surface area contributed by atoms with Crippen molar-refractivity contribution in [3.05, 3.63) is 106 Å². The summed E-state index contributed by atoms with van der Waals surface area (Å²) in [5.74, 6) is -3.59. The lowest BCUT2D eigenvalue weighted by atomic mass is 9.94. The molecule has 0 spiro atoms. The normalized spacial score (nSPS) is 16.1. The number of phenols is 1. The van der Waals surface area contributed by atoms with E-state index in [1.165, 1.54) is 36.4 Å². The molecule has 1 aliphatic heterocycles. The smallest absolute Gasteiger partial charge is 0.294 e. The van der Waals surface area contributed by atoms with Crippen molar-refractivity contribution in [2.24, 2.45) is 0 Å². The predicted molar refractivity (Wildman–Crippen MR) is 123 cm³/mol. The van der Waals surface area contributed by atoms with Crippen LogP contribution in [-0.4, -0.2) is 21.9 Å². The summed E-state index contributed by atoms with van der Waals surface area (Å²) in [7, 11) is 0. The topological polar surface area (TPSA) is 91.0 Å². The summed E-state index contributed by atoms with van der Waals surface area (Å²) in [4.78, 5) is 27.6. The highest BCUT2D eigenvalue weighted by atomic mass is 79.9. The molecule has 0 bridgehead atoms. The minimum atomic E-state index is -1.32. The SMILES string of the molecule is O=C(C1=C(O)C(=O)N(c2ccccc2O)C1c1ccccc1F)c1cc2cc(Br)ccc2o1. The van der Waals surface area contributed by atoms with Crippen LogP contribution in [0.5, 0.6) is 5.75 Å². The van der Waals surface area contributed by atoms with Crippen LogP contribution in [-0.2, 0) is 4.79 Å². The van der Waals surface area contributed by atoms with Gasteiger partial charge in [0.25, 0.3) is 5.91 Å². The quantitative estimate of drug-likeness (QED) is 0.339. The summed E-state index contributed by atoms with van der Waals surface area (Å²) in [6, 6.07) is 16.9. The summed E-state index contributed by atoms with van der Waals surface area (Å²) >= 11 is 3.36. The highest BCUT2D eigenvalue weighted by Crippen LogP contribution is 2.45. The number of para-hydroxylation sites is 2. The van der Waals surface area contributed by atoms with Gasteiger partial charge >= 0.3 is 0 Å². The number of aliphatic hydroxyl groups excluding tert-OH is 1. The van der Waals surface area contributed by atoms with Gasteiger partial charge in [0.2, 0.25) is 5.78 Å². The molecule has 33 heavy (non-hydrogen) atoms. The number of rotatable bonds is 4. The number of Topliss-reactive ketones (excluding diaryl/α,β-unsaturated/α-hetero) is 1. The van der Waals surface area contributed by atoms with Crippen molar-refractivity contribution in [1.29, 1.82) is 0 Å². The minimum Gasteiger partial charge on any atom is -0.506 e. The maximum Gasteiger partial charge on any atom is 0.294 e. The van der Waals surface area contributed by atoms with E-state index in [2.05, 4.69) is 15.9 Å². The van der Waals surface area contributed by atoms with Gasteiger partial charge in [0.05, 0.1) is 17.3 Å². The number of halogens is 2. The molecular formula is C25H15BrFNO5. The zero-order valence-electron chi connectivity index (χ0n) is 16.8. The summed E-state index contributed by atoms with van der Waals surface area (Å²) in [6.45, 7) is 0. The molecule has 0 aliphatic carbocycles. The maximum absolute atomic E-state index is 14.9. The number of hydrogen-bond donors (Lipinski definition) is 2. The van der Waals surface area contributed by atoms with E-state index in [4.69, 9.17) is 4.42 Å². The van der Waals surface area contributed by atoms with Crippen LogP contribution < -0.4 is 4.90 Å². The Morgan fingerprint density at radius 3 is 2.48 bits per heavy atom. The predicted octanol–water partition coefficient (Wildman–Crippen LogP) is 5.82. The van der Waals surface area contributed by atoms with Crippen LogP contribution in [0, 0.1) is 5.82 Å². The summed E-state index contributed by atoms with van der Waals surface area (Å²) in [5, 5.41) is 21.8. The lowest BCUT2D eigenvalue weighted by Crippen LogP contribution is -2.31. The van der Waals surface area contributed by atoms with Crippen LogP contribution in [0.3, 0.4) is 0 Å². The number of aromatic hydroxyl groups is 1. The number of fused-ring (bicyclic) bond motifs is 1. The molecule has 2 heterocycles. The molecule has 4 aromatic rings. The van der Waals surface area contributed by atoms with Gasteiger partial charge in [-0.3, -0.25) is 14.5 Å². The van der Waals surface area contributed by atoms with Crippen molar-refractivity contribution in [3.8, 4) is 5.75 Å². The number of benzene rings is 3. The van der Waals surface area contributed by atoms with E-state index < -0.39 is 29.3 Å². The van der Waals surface area contributed by atoms with Gasteiger partial charge < -0.3 is 14.6 Å². The lowest BCUT2D eigenvalue weighted by molar-refractivity contribution is -0.117. The Kier molecular flexibility index (Phi) is 5.02. The summed E-state index contributed by atoms with van der Waals surface area (Å²) < 4.78 is 21.3. The Hall–Kier alpha value is -3.91. The van der Waals surface area contributed by atoms with Gasteiger partial charge in [0, 0.05) is 15.4 Å². The summed E-state index contributed by atoms with van der Waals surface area (Å²) in [5.41, 5.74) is 0.108. The first kappa shape index (κ1) is 21.0. The van der Waals surface area contributed by atoms with E-state index >= 15 is 0 Å².